The maximum atomic E-state index is 12.7. The van der Waals surface area contributed by atoms with Crippen molar-refractivity contribution in [2.45, 2.75) is 19.5 Å². The lowest BCUT2D eigenvalue weighted by Crippen LogP contribution is -2.44. The van der Waals surface area contributed by atoms with Gasteiger partial charge in [-0.05, 0) is 24.3 Å². The molecule has 8 heteroatoms. The minimum absolute atomic E-state index is 0.189. The van der Waals surface area contributed by atoms with Gasteiger partial charge in [-0.2, -0.15) is 0 Å². The molecule has 2 amide bonds. The lowest BCUT2D eigenvalue weighted by Gasteiger charge is -2.28. The van der Waals surface area contributed by atoms with Crippen molar-refractivity contribution in [1.29, 1.82) is 0 Å². The summed E-state index contributed by atoms with van der Waals surface area (Å²) in [6.07, 6.45) is 3.64. The van der Waals surface area contributed by atoms with Gasteiger partial charge in [0.15, 0.2) is 0 Å². The monoisotopic (exact) mass is 358 g/mol. The highest BCUT2D eigenvalue weighted by Gasteiger charge is 2.25. The van der Waals surface area contributed by atoms with Crippen molar-refractivity contribution in [2.24, 2.45) is 0 Å². The fraction of sp³-hybridized carbons (Fsp3) is 0.235. The minimum Gasteiger partial charge on any atom is -0.467 e. The normalized spacial score (nSPS) is 13.7. The highest BCUT2D eigenvalue weighted by Crippen LogP contribution is 2.16. The van der Waals surface area contributed by atoms with E-state index in [1.54, 1.807) is 41.6 Å². The summed E-state index contributed by atoms with van der Waals surface area (Å²) in [6.45, 7) is 1.04. The van der Waals surface area contributed by atoms with Crippen molar-refractivity contribution < 1.29 is 9.21 Å². The van der Waals surface area contributed by atoms with E-state index in [0.717, 1.165) is 5.69 Å². The number of carbonyl (C=O) groups excluding carboxylic acids is 1. The second-order valence-electron chi connectivity index (χ2n) is 5.83. The quantitative estimate of drug-likeness (QED) is 0.761. The Balaban J connectivity index is 1.57. The van der Waals surface area contributed by atoms with Gasteiger partial charge in [-0.3, -0.25) is 9.20 Å². The van der Waals surface area contributed by atoms with Gasteiger partial charge in [0.2, 0.25) is 0 Å². The maximum Gasteiger partial charge on any atom is 0.318 e. The van der Waals surface area contributed by atoms with Crippen molar-refractivity contribution in [3.8, 4) is 0 Å². The number of urea groups is 1. The van der Waals surface area contributed by atoms with Crippen LogP contribution in [-0.2, 0) is 19.5 Å². The lowest BCUT2D eigenvalue weighted by atomic mass is 10.1. The Morgan fingerprint density at radius 2 is 2.24 bits per heavy atom. The molecular weight excluding hydrogens is 344 g/mol. The summed E-state index contributed by atoms with van der Waals surface area (Å²) in [6, 6.07) is 6.73. The molecule has 128 valence electrons. The van der Waals surface area contributed by atoms with Gasteiger partial charge in [-0.25, -0.2) is 9.78 Å². The highest BCUT2D eigenvalue weighted by molar-refractivity contribution is 6.30. The van der Waals surface area contributed by atoms with Gasteiger partial charge < -0.3 is 14.6 Å². The molecule has 0 aromatic carbocycles. The molecule has 1 aliphatic heterocycles. The summed E-state index contributed by atoms with van der Waals surface area (Å²) in [5.41, 5.74) is 1.64. The molecular formula is C17H15ClN4O3. The van der Waals surface area contributed by atoms with E-state index < -0.39 is 0 Å². The van der Waals surface area contributed by atoms with Gasteiger partial charge >= 0.3 is 6.03 Å². The Morgan fingerprint density at radius 3 is 3.04 bits per heavy atom. The van der Waals surface area contributed by atoms with Crippen LogP contribution in [0.15, 0.2) is 45.9 Å². The molecule has 0 unspecified atom stereocenters. The van der Waals surface area contributed by atoms with Crippen molar-refractivity contribution in [1.82, 2.24) is 19.6 Å². The second-order valence-corrected chi connectivity index (χ2v) is 6.26. The molecule has 4 rings (SSSR count). The van der Waals surface area contributed by atoms with Crippen LogP contribution in [0, 0.1) is 0 Å². The van der Waals surface area contributed by atoms with E-state index in [4.69, 9.17) is 16.0 Å². The minimum atomic E-state index is -0.238. The number of hydrogen-bond donors (Lipinski definition) is 1. The molecule has 0 fully saturated rings. The van der Waals surface area contributed by atoms with Crippen LogP contribution < -0.4 is 10.9 Å². The maximum absolute atomic E-state index is 12.7. The molecule has 1 aliphatic rings. The number of nitrogens with zero attached hydrogens (tertiary/aromatic N) is 3. The zero-order valence-corrected chi connectivity index (χ0v) is 14.0. The number of aromatic nitrogens is 2. The Hall–Kier alpha value is -2.80. The van der Waals surface area contributed by atoms with Crippen LogP contribution in [0.1, 0.15) is 17.0 Å². The Labute approximate surface area is 147 Å². The lowest BCUT2D eigenvalue weighted by molar-refractivity contribution is 0.190. The second kappa shape index (κ2) is 6.25. The topological polar surface area (TPSA) is 79.8 Å². The third kappa shape index (κ3) is 2.98. The Kier molecular flexibility index (Phi) is 3.93. The van der Waals surface area contributed by atoms with E-state index in [1.807, 2.05) is 0 Å². The zero-order chi connectivity index (χ0) is 17.4. The molecule has 25 heavy (non-hydrogen) atoms. The summed E-state index contributed by atoms with van der Waals surface area (Å²) in [5, 5.41) is 3.25. The molecule has 0 spiro atoms. The van der Waals surface area contributed by atoms with Crippen LogP contribution in [0.25, 0.3) is 5.65 Å². The summed E-state index contributed by atoms with van der Waals surface area (Å²) in [5.74, 6) is 0.674. The number of pyridine rings is 1. The molecule has 0 saturated carbocycles. The molecule has 1 N–H and O–H groups in total. The predicted molar refractivity (Wildman–Crippen MR) is 91.5 cm³/mol. The van der Waals surface area contributed by atoms with Crippen molar-refractivity contribution in [2.75, 3.05) is 6.54 Å². The fourth-order valence-electron chi connectivity index (χ4n) is 2.93. The van der Waals surface area contributed by atoms with Crippen LogP contribution in [-0.4, -0.2) is 26.9 Å². The molecule has 3 aromatic heterocycles. The standard InChI is InChI=1S/C17H15ClN4O3/c18-11-3-4-15-20-14-5-6-21(10-13(14)16(23)22(15)9-11)17(24)19-8-12-2-1-7-25-12/h1-4,7,9H,5-6,8,10H2,(H,19,24). The van der Waals surface area contributed by atoms with Crippen LogP contribution in [0.2, 0.25) is 5.02 Å². The number of carbonyl (C=O) groups is 1. The average molecular weight is 359 g/mol. The third-order valence-corrected chi connectivity index (χ3v) is 4.44. The highest BCUT2D eigenvalue weighted by atomic mass is 35.5. The summed E-state index contributed by atoms with van der Waals surface area (Å²) in [4.78, 5) is 31.2. The first-order valence-corrected chi connectivity index (χ1v) is 8.24. The largest absolute Gasteiger partial charge is 0.467 e. The summed E-state index contributed by atoms with van der Waals surface area (Å²) in [7, 11) is 0. The van der Waals surface area contributed by atoms with Crippen molar-refractivity contribution in [3.63, 3.8) is 0 Å². The molecule has 0 aliphatic carbocycles. The van der Waals surface area contributed by atoms with Gasteiger partial charge in [0, 0.05) is 19.2 Å². The van der Waals surface area contributed by atoms with Crippen molar-refractivity contribution in [3.05, 3.63) is 69.1 Å². The first-order valence-electron chi connectivity index (χ1n) is 7.86. The number of halogens is 1. The molecule has 3 aromatic rings. The number of amides is 2. The number of nitrogens with one attached hydrogen (secondary N) is 1. The van der Waals surface area contributed by atoms with Gasteiger partial charge in [0.05, 0.1) is 35.6 Å². The van der Waals surface area contributed by atoms with E-state index in [-0.39, 0.29) is 18.1 Å². The molecule has 7 nitrogen and oxygen atoms in total. The van der Waals surface area contributed by atoms with E-state index in [9.17, 15) is 9.59 Å². The molecule has 0 saturated heterocycles. The molecule has 0 bridgehead atoms. The SMILES string of the molecule is O=C(NCc1ccco1)N1CCc2nc3ccc(Cl)cn3c(=O)c2C1. The van der Waals surface area contributed by atoms with Crippen molar-refractivity contribution >= 4 is 23.3 Å². The first-order chi connectivity index (χ1) is 12.1. The first kappa shape index (κ1) is 15.7. The van der Waals surface area contributed by atoms with Gasteiger partial charge in [-0.1, -0.05) is 11.6 Å². The predicted octanol–water partition coefficient (Wildman–Crippen LogP) is 2.21. The summed E-state index contributed by atoms with van der Waals surface area (Å²) < 4.78 is 6.62. The van der Waals surface area contributed by atoms with Gasteiger partial charge in [0.1, 0.15) is 11.4 Å². The Morgan fingerprint density at radius 1 is 1.36 bits per heavy atom. The van der Waals surface area contributed by atoms with Gasteiger partial charge in [0.25, 0.3) is 5.56 Å². The average Bonchev–Trinajstić information content (AvgIpc) is 3.14. The summed E-state index contributed by atoms with van der Waals surface area (Å²) >= 11 is 5.97. The van der Waals surface area contributed by atoms with E-state index >= 15 is 0 Å². The smallest absolute Gasteiger partial charge is 0.318 e. The molecule has 0 atom stereocenters. The van der Waals surface area contributed by atoms with E-state index in [0.29, 0.717) is 41.5 Å². The van der Waals surface area contributed by atoms with E-state index in [1.165, 1.54) is 4.40 Å². The number of fused-ring (bicyclic) bond motifs is 2. The Bertz CT molecular complexity index is 997. The van der Waals surface area contributed by atoms with Gasteiger partial charge in [-0.15, -0.1) is 0 Å². The number of furan rings is 1. The fourth-order valence-corrected chi connectivity index (χ4v) is 3.09. The third-order valence-electron chi connectivity index (χ3n) is 4.21. The van der Waals surface area contributed by atoms with Crippen LogP contribution >= 0.6 is 11.6 Å². The number of hydrogen-bond acceptors (Lipinski definition) is 4. The van der Waals surface area contributed by atoms with Crippen LogP contribution in [0.5, 0.6) is 0 Å². The van der Waals surface area contributed by atoms with Crippen LogP contribution in [0.3, 0.4) is 0 Å². The zero-order valence-electron chi connectivity index (χ0n) is 13.2. The van der Waals surface area contributed by atoms with Crippen LogP contribution in [0.4, 0.5) is 4.79 Å². The number of rotatable bonds is 2. The van der Waals surface area contributed by atoms with E-state index in [2.05, 4.69) is 10.3 Å². The molecule has 0 radical (unpaired) electrons. The molecule has 4 heterocycles.